The highest BCUT2D eigenvalue weighted by Crippen LogP contribution is 2.60. The Kier molecular flexibility index (Phi) is 4.95. The lowest BCUT2D eigenvalue weighted by Crippen LogP contribution is -2.39. The number of hydrogen-bond donors (Lipinski definition) is 2. The monoisotopic (exact) mass is 512 g/mol. The number of carbonyl (C=O) groups is 2. The predicted molar refractivity (Wildman–Crippen MR) is 149 cm³/mol. The van der Waals surface area contributed by atoms with Crippen molar-refractivity contribution in [2.75, 3.05) is 0 Å². The lowest BCUT2D eigenvalue weighted by molar-refractivity contribution is -0.136. The molecule has 5 aliphatic carbocycles. The van der Waals surface area contributed by atoms with Crippen LogP contribution in [0.3, 0.4) is 0 Å². The molecule has 0 unspecified atom stereocenters. The quantitative estimate of drug-likeness (QED) is 0.438. The van der Waals surface area contributed by atoms with E-state index in [1.165, 1.54) is 22.3 Å². The summed E-state index contributed by atoms with van der Waals surface area (Å²) in [6.07, 6.45) is 4.26. The van der Waals surface area contributed by atoms with Crippen molar-refractivity contribution in [1.29, 1.82) is 0 Å². The minimum absolute atomic E-state index is 0.0238. The molecule has 2 aromatic carbocycles. The average Bonchev–Trinajstić information content (AvgIpc) is 2.82. The molecule has 2 N–H and O–H groups in total. The van der Waals surface area contributed by atoms with Gasteiger partial charge in [-0.2, -0.15) is 0 Å². The van der Waals surface area contributed by atoms with Crippen molar-refractivity contribution in [3.63, 3.8) is 0 Å². The van der Waals surface area contributed by atoms with Gasteiger partial charge in [-0.3, -0.25) is 0 Å². The van der Waals surface area contributed by atoms with E-state index >= 15 is 0 Å². The number of fused-ring (bicyclic) bond motifs is 2. The van der Waals surface area contributed by atoms with Gasteiger partial charge in [0.25, 0.3) is 0 Å². The Morgan fingerprint density at radius 3 is 0.921 bits per heavy atom. The van der Waals surface area contributed by atoms with Crippen molar-refractivity contribution in [3.05, 3.63) is 79.9 Å². The van der Waals surface area contributed by atoms with Crippen molar-refractivity contribution >= 4 is 11.9 Å². The molecule has 7 rings (SSSR count). The van der Waals surface area contributed by atoms with E-state index in [1.54, 1.807) is 0 Å². The first-order valence-corrected chi connectivity index (χ1v) is 14.1. The minimum Gasteiger partial charge on any atom is -0.478 e. The van der Waals surface area contributed by atoms with Gasteiger partial charge in [-0.05, 0) is 91.9 Å². The molecule has 4 heteroatoms. The van der Waals surface area contributed by atoms with Crippen LogP contribution in [0.4, 0.5) is 0 Å². The first-order valence-electron chi connectivity index (χ1n) is 14.1. The van der Waals surface area contributed by atoms with Crippen molar-refractivity contribution in [3.8, 4) is 0 Å². The molecule has 5 aliphatic rings. The second kappa shape index (κ2) is 7.40. The fourth-order valence-corrected chi connectivity index (χ4v) is 8.04. The maximum atomic E-state index is 12.8. The van der Waals surface area contributed by atoms with Crippen LogP contribution in [0.5, 0.6) is 0 Å². The van der Waals surface area contributed by atoms with Crippen LogP contribution < -0.4 is 0 Å². The fourth-order valence-electron chi connectivity index (χ4n) is 8.04. The van der Waals surface area contributed by atoms with Gasteiger partial charge in [0.15, 0.2) is 0 Å². The molecule has 2 bridgehead atoms. The maximum absolute atomic E-state index is 12.8. The molecule has 0 fully saturated rings. The van der Waals surface area contributed by atoms with Crippen LogP contribution in [0.2, 0.25) is 0 Å². The van der Waals surface area contributed by atoms with E-state index in [9.17, 15) is 19.8 Å². The Morgan fingerprint density at radius 1 is 0.526 bits per heavy atom. The van der Waals surface area contributed by atoms with Gasteiger partial charge in [-0.25, -0.2) is 9.59 Å². The van der Waals surface area contributed by atoms with Crippen LogP contribution in [0.1, 0.15) is 137 Å². The van der Waals surface area contributed by atoms with Gasteiger partial charge in [0.1, 0.15) is 0 Å². The normalized spacial score (nSPS) is 26.6. The highest BCUT2D eigenvalue weighted by Gasteiger charge is 2.51. The lowest BCUT2D eigenvalue weighted by atomic mass is 9.55. The largest absolute Gasteiger partial charge is 0.478 e. The van der Waals surface area contributed by atoms with Crippen molar-refractivity contribution in [2.24, 2.45) is 0 Å². The number of carboxylic acid groups (broad SMARTS) is 2. The number of carboxylic acids is 2. The van der Waals surface area contributed by atoms with E-state index in [0.29, 0.717) is 0 Å². The smallest absolute Gasteiger partial charge is 0.333 e. The molecular weight excluding hydrogens is 472 g/mol. The number of benzene rings is 2. The van der Waals surface area contributed by atoms with Crippen LogP contribution in [-0.4, -0.2) is 22.2 Å². The highest BCUT2D eigenvalue weighted by atomic mass is 16.4. The minimum atomic E-state index is -1.12. The van der Waals surface area contributed by atoms with Gasteiger partial charge < -0.3 is 10.2 Å². The van der Waals surface area contributed by atoms with Crippen LogP contribution in [0.15, 0.2) is 35.4 Å². The van der Waals surface area contributed by atoms with Gasteiger partial charge in [-0.1, -0.05) is 79.7 Å². The zero-order valence-corrected chi connectivity index (χ0v) is 24.0. The average molecular weight is 513 g/mol. The van der Waals surface area contributed by atoms with Gasteiger partial charge in [0.2, 0.25) is 0 Å². The molecule has 200 valence electrons. The number of rotatable bonds is 2. The van der Waals surface area contributed by atoms with Gasteiger partial charge in [0, 0.05) is 11.8 Å². The van der Waals surface area contributed by atoms with E-state index in [2.05, 4.69) is 79.7 Å². The van der Waals surface area contributed by atoms with E-state index in [1.807, 2.05) is 0 Å². The zero-order valence-electron chi connectivity index (χ0n) is 24.0. The Labute approximate surface area is 226 Å². The van der Waals surface area contributed by atoms with Crippen molar-refractivity contribution < 1.29 is 19.8 Å². The molecule has 0 heterocycles. The summed E-state index contributed by atoms with van der Waals surface area (Å²) in [5.74, 6) is -3.40. The molecule has 0 saturated heterocycles. The topological polar surface area (TPSA) is 74.6 Å². The van der Waals surface area contributed by atoms with E-state index in [-0.39, 0.29) is 32.8 Å². The second-order valence-corrected chi connectivity index (χ2v) is 14.9. The lowest BCUT2D eigenvalue weighted by Gasteiger charge is -2.48. The summed E-state index contributed by atoms with van der Waals surface area (Å²) >= 11 is 0. The first-order chi connectivity index (χ1) is 17.5. The third-order valence-corrected chi connectivity index (χ3v) is 10.7. The molecule has 0 aliphatic heterocycles. The molecule has 2 aromatic rings. The summed E-state index contributed by atoms with van der Waals surface area (Å²) in [6.45, 7) is 18.2. The zero-order chi connectivity index (χ0) is 27.7. The summed E-state index contributed by atoms with van der Waals surface area (Å²) in [4.78, 5) is 25.6. The summed E-state index contributed by atoms with van der Waals surface area (Å²) < 4.78 is 0. The van der Waals surface area contributed by atoms with Crippen LogP contribution >= 0.6 is 0 Å². The third kappa shape index (κ3) is 3.21. The van der Waals surface area contributed by atoms with Crippen molar-refractivity contribution in [1.82, 2.24) is 0 Å². The molecule has 0 saturated carbocycles. The summed E-state index contributed by atoms with van der Waals surface area (Å²) in [5, 5.41) is 20.9. The molecule has 4 nitrogen and oxygen atoms in total. The molecule has 0 spiro atoms. The molecule has 38 heavy (non-hydrogen) atoms. The first kappa shape index (κ1) is 25.4. The van der Waals surface area contributed by atoms with Crippen LogP contribution in [-0.2, 0) is 31.2 Å². The summed E-state index contributed by atoms with van der Waals surface area (Å²) in [6, 6.07) is 9.01. The Bertz CT molecular complexity index is 1280. The SMILES string of the molecule is CC1(C)CCC(C)(C)c2cc3c(cc21)C1C(C(=O)O)=C(C(=O)O)C3c2cc3c(cc21)C(C)(C)CCC3(C)C. The molecule has 0 aromatic heterocycles. The predicted octanol–water partition coefficient (Wildman–Crippen LogP) is 7.44. The fraction of sp³-hybridized carbons (Fsp3) is 0.529. The van der Waals surface area contributed by atoms with E-state index in [0.717, 1.165) is 47.9 Å². The summed E-state index contributed by atoms with van der Waals surface area (Å²) in [5.41, 5.74) is 9.07. The number of aliphatic carboxylic acids is 2. The van der Waals surface area contributed by atoms with Gasteiger partial charge >= 0.3 is 11.9 Å². The van der Waals surface area contributed by atoms with Crippen LogP contribution in [0.25, 0.3) is 0 Å². The van der Waals surface area contributed by atoms with E-state index in [4.69, 9.17) is 0 Å². The highest BCUT2D eigenvalue weighted by molar-refractivity contribution is 6.05. The van der Waals surface area contributed by atoms with Gasteiger partial charge in [-0.15, -0.1) is 0 Å². The molecular formula is C34H40O4. The summed E-state index contributed by atoms with van der Waals surface area (Å²) in [7, 11) is 0. The van der Waals surface area contributed by atoms with Crippen molar-refractivity contribution in [2.45, 2.75) is 115 Å². The third-order valence-electron chi connectivity index (χ3n) is 10.7. The van der Waals surface area contributed by atoms with Gasteiger partial charge in [0.05, 0.1) is 11.1 Å². The molecule has 0 radical (unpaired) electrons. The number of hydrogen-bond acceptors (Lipinski definition) is 2. The molecule has 0 amide bonds. The Morgan fingerprint density at radius 2 is 0.737 bits per heavy atom. The van der Waals surface area contributed by atoms with Crippen LogP contribution in [0, 0.1) is 0 Å². The molecule has 0 atom stereocenters. The second-order valence-electron chi connectivity index (χ2n) is 14.9. The van der Waals surface area contributed by atoms with E-state index < -0.39 is 23.8 Å². The Balaban J connectivity index is 1.72. The maximum Gasteiger partial charge on any atom is 0.333 e. The standard InChI is InChI=1S/C34H40O4/c1-31(2)9-10-32(3,4)22-14-18-17(13-21(22)31)25-19-15-23-24(34(7,8)12-11-33(23,5)6)16-20(19)26(18)28(30(37)38)27(25)29(35)36/h13-16,25-26H,9-12H2,1-8H3,(H,35,36)(H,37,38). The Hall–Kier alpha value is -2.88.